The lowest BCUT2D eigenvalue weighted by molar-refractivity contribution is -0.141. The lowest BCUT2D eigenvalue weighted by Gasteiger charge is -2.18. The summed E-state index contributed by atoms with van der Waals surface area (Å²) in [6.45, 7) is 0. The first-order valence-electron chi connectivity index (χ1n) is 5.95. The highest BCUT2D eigenvalue weighted by Gasteiger charge is 2.21. The summed E-state index contributed by atoms with van der Waals surface area (Å²) in [6, 6.07) is 10.3. The fourth-order valence-electron chi connectivity index (χ4n) is 1.80. The number of carbonyl (C=O) groups is 1. The van der Waals surface area contributed by atoms with Crippen molar-refractivity contribution in [3.05, 3.63) is 65.7 Å². The molecule has 1 N–H and O–H groups in total. The minimum absolute atomic E-state index is 0.379. The molecule has 0 aliphatic rings. The molecular weight excluding hydrogens is 264 g/mol. The van der Waals surface area contributed by atoms with Crippen LogP contribution in [-0.2, 0) is 9.53 Å². The van der Waals surface area contributed by atoms with Crippen LogP contribution in [0.2, 0.25) is 0 Å². The number of hydrogen-bond acceptors (Lipinski definition) is 3. The molecular formula is C15H13F2NO2. The number of carbonyl (C=O) groups excluding carboxylic acids is 1. The quantitative estimate of drug-likeness (QED) is 0.871. The van der Waals surface area contributed by atoms with Gasteiger partial charge in [-0.3, -0.25) is 0 Å². The van der Waals surface area contributed by atoms with Gasteiger partial charge in [-0.15, -0.1) is 0 Å². The summed E-state index contributed by atoms with van der Waals surface area (Å²) in [4.78, 5) is 11.8. The zero-order valence-electron chi connectivity index (χ0n) is 10.8. The number of ether oxygens (including phenoxy) is 1. The number of rotatable bonds is 4. The molecule has 0 heterocycles. The van der Waals surface area contributed by atoms with Crippen LogP contribution in [0.4, 0.5) is 14.5 Å². The molecule has 0 aromatic heterocycles. The molecule has 3 nitrogen and oxygen atoms in total. The zero-order chi connectivity index (χ0) is 14.5. The Kier molecular flexibility index (Phi) is 4.30. The van der Waals surface area contributed by atoms with Gasteiger partial charge in [0.05, 0.1) is 7.11 Å². The summed E-state index contributed by atoms with van der Waals surface area (Å²) < 4.78 is 30.8. The average molecular weight is 277 g/mol. The molecule has 2 aromatic rings. The van der Waals surface area contributed by atoms with E-state index < -0.39 is 17.8 Å². The fourth-order valence-corrected chi connectivity index (χ4v) is 1.80. The van der Waals surface area contributed by atoms with E-state index in [2.05, 4.69) is 5.32 Å². The average Bonchev–Trinajstić information content (AvgIpc) is 2.46. The number of benzene rings is 2. The van der Waals surface area contributed by atoms with Crippen molar-refractivity contribution in [1.29, 1.82) is 0 Å². The van der Waals surface area contributed by atoms with Gasteiger partial charge in [0, 0.05) is 5.69 Å². The van der Waals surface area contributed by atoms with Gasteiger partial charge in [0.25, 0.3) is 0 Å². The van der Waals surface area contributed by atoms with E-state index in [1.807, 2.05) is 0 Å². The molecule has 0 aliphatic carbocycles. The molecule has 2 aromatic carbocycles. The van der Waals surface area contributed by atoms with E-state index in [-0.39, 0.29) is 5.82 Å². The first-order valence-corrected chi connectivity index (χ1v) is 5.95. The van der Waals surface area contributed by atoms with Crippen molar-refractivity contribution in [2.75, 3.05) is 12.4 Å². The summed E-state index contributed by atoms with van der Waals surface area (Å²) in [5, 5.41) is 2.89. The highest BCUT2D eigenvalue weighted by molar-refractivity contribution is 5.81. The highest BCUT2D eigenvalue weighted by Crippen LogP contribution is 2.21. The van der Waals surface area contributed by atoms with Gasteiger partial charge in [0.1, 0.15) is 11.6 Å². The summed E-state index contributed by atoms with van der Waals surface area (Å²) in [6.07, 6.45) is 0. The van der Waals surface area contributed by atoms with Gasteiger partial charge >= 0.3 is 5.97 Å². The van der Waals surface area contributed by atoms with Crippen LogP contribution in [0.15, 0.2) is 48.5 Å². The molecule has 20 heavy (non-hydrogen) atoms. The highest BCUT2D eigenvalue weighted by atomic mass is 19.1. The normalized spacial score (nSPS) is 11.8. The van der Waals surface area contributed by atoms with Crippen molar-refractivity contribution in [1.82, 2.24) is 0 Å². The number of methoxy groups -OCH3 is 1. The van der Waals surface area contributed by atoms with E-state index in [1.165, 1.54) is 49.6 Å². The first kappa shape index (κ1) is 14.0. The summed E-state index contributed by atoms with van der Waals surface area (Å²) in [5.41, 5.74) is 0.965. The third kappa shape index (κ3) is 3.32. The zero-order valence-corrected chi connectivity index (χ0v) is 10.8. The van der Waals surface area contributed by atoms with Crippen LogP contribution in [0, 0.1) is 11.6 Å². The molecule has 2 rings (SSSR count). The summed E-state index contributed by atoms with van der Waals surface area (Å²) in [5.74, 6) is -1.38. The molecule has 1 unspecified atom stereocenters. The monoisotopic (exact) mass is 277 g/mol. The Bertz CT molecular complexity index is 599. The third-order valence-corrected chi connectivity index (χ3v) is 2.77. The van der Waals surface area contributed by atoms with Crippen LogP contribution >= 0.6 is 0 Å². The van der Waals surface area contributed by atoms with Gasteiger partial charge in [-0.2, -0.15) is 0 Å². The second-order valence-electron chi connectivity index (χ2n) is 4.16. The van der Waals surface area contributed by atoms with E-state index in [4.69, 9.17) is 4.74 Å². The molecule has 0 aliphatic heterocycles. The van der Waals surface area contributed by atoms with Crippen molar-refractivity contribution < 1.29 is 18.3 Å². The maximum absolute atomic E-state index is 13.3. The second kappa shape index (κ2) is 6.14. The van der Waals surface area contributed by atoms with Crippen LogP contribution in [0.25, 0.3) is 0 Å². The maximum Gasteiger partial charge on any atom is 0.332 e. The van der Waals surface area contributed by atoms with E-state index in [0.717, 1.165) is 0 Å². The smallest absolute Gasteiger partial charge is 0.332 e. The van der Waals surface area contributed by atoms with Gasteiger partial charge in [0.2, 0.25) is 0 Å². The van der Waals surface area contributed by atoms with Gasteiger partial charge in [0.15, 0.2) is 6.04 Å². The van der Waals surface area contributed by atoms with Crippen molar-refractivity contribution in [3.63, 3.8) is 0 Å². The number of hydrogen-bond donors (Lipinski definition) is 1. The molecule has 0 radical (unpaired) electrons. The van der Waals surface area contributed by atoms with Crippen molar-refractivity contribution in [3.8, 4) is 0 Å². The first-order chi connectivity index (χ1) is 9.60. The van der Waals surface area contributed by atoms with Crippen LogP contribution in [0.3, 0.4) is 0 Å². The van der Waals surface area contributed by atoms with Crippen LogP contribution < -0.4 is 5.32 Å². The standard InChI is InChI=1S/C15H13F2NO2/c1-20-15(19)14(10-3-2-4-12(17)9-10)18-13-7-5-11(16)6-8-13/h2-9,14,18H,1H3. The van der Waals surface area contributed by atoms with E-state index >= 15 is 0 Å². The Morgan fingerprint density at radius 3 is 2.40 bits per heavy atom. The molecule has 0 amide bonds. The van der Waals surface area contributed by atoms with Crippen molar-refractivity contribution in [2.45, 2.75) is 6.04 Å². The minimum Gasteiger partial charge on any atom is -0.467 e. The Morgan fingerprint density at radius 2 is 1.80 bits per heavy atom. The Hall–Kier alpha value is -2.43. The largest absolute Gasteiger partial charge is 0.467 e. The molecule has 0 saturated heterocycles. The van der Waals surface area contributed by atoms with Crippen LogP contribution in [0.1, 0.15) is 11.6 Å². The van der Waals surface area contributed by atoms with Crippen molar-refractivity contribution in [2.24, 2.45) is 0 Å². The van der Waals surface area contributed by atoms with E-state index in [0.29, 0.717) is 11.3 Å². The SMILES string of the molecule is COC(=O)C(Nc1ccc(F)cc1)c1cccc(F)c1. The van der Waals surface area contributed by atoms with Crippen molar-refractivity contribution >= 4 is 11.7 Å². The predicted molar refractivity (Wildman–Crippen MR) is 71.2 cm³/mol. The molecule has 0 bridgehead atoms. The second-order valence-corrected chi connectivity index (χ2v) is 4.16. The Balaban J connectivity index is 2.28. The van der Waals surface area contributed by atoms with Gasteiger partial charge in [-0.1, -0.05) is 12.1 Å². The molecule has 0 saturated carbocycles. The summed E-state index contributed by atoms with van der Waals surface area (Å²) in [7, 11) is 1.25. The molecule has 104 valence electrons. The van der Waals surface area contributed by atoms with Crippen LogP contribution in [-0.4, -0.2) is 13.1 Å². The maximum atomic E-state index is 13.3. The summed E-state index contributed by atoms with van der Waals surface area (Å²) >= 11 is 0. The number of halogens is 2. The Labute approximate surface area is 115 Å². The van der Waals surface area contributed by atoms with Gasteiger partial charge in [-0.25, -0.2) is 13.6 Å². The lowest BCUT2D eigenvalue weighted by Crippen LogP contribution is -2.22. The lowest BCUT2D eigenvalue weighted by atomic mass is 10.1. The number of esters is 1. The van der Waals surface area contributed by atoms with E-state index in [1.54, 1.807) is 6.07 Å². The molecule has 0 fully saturated rings. The van der Waals surface area contributed by atoms with Crippen LogP contribution in [0.5, 0.6) is 0 Å². The predicted octanol–water partition coefficient (Wildman–Crippen LogP) is 3.29. The number of anilines is 1. The van der Waals surface area contributed by atoms with Gasteiger partial charge in [-0.05, 0) is 42.0 Å². The van der Waals surface area contributed by atoms with E-state index in [9.17, 15) is 13.6 Å². The minimum atomic E-state index is -0.860. The number of nitrogens with one attached hydrogen (secondary N) is 1. The van der Waals surface area contributed by atoms with Gasteiger partial charge < -0.3 is 10.1 Å². The molecule has 0 spiro atoms. The fraction of sp³-hybridized carbons (Fsp3) is 0.133. The molecule has 5 heteroatoms. The topological polar surface area (TPSA) is 38.3 Å². The molecule has 1 atom stereocenters. The third-order valence-electron chi connectivity index (χ3n) is 2.77. The Morgan fingerprint density at radius 1 is 1.10 bits per heavy atom.